The van der Waals surface area contributed by atoms with Crippen molar-refractivity contribution >= 4 is 22.9 Å². The molecule has 0 spiro atoms. The van der Waals surface area contributed by atoms with E-state index in [0.717, 1.165) is 22.8 Å². The summed E-state index contributed by atoms with van der Waals surface area (Å²) in [6.07, 6.45) is 2.66. The van der Waals surface area contributed by atoms with Crippen LogP contribution in [0.5, 0.6) is 0 Å². The predicted octanol–water partition coefficient (Wildman–Crippen LogP) is 3.29. The molecule has 72 valence electrons. The van der Waals surface area contributed by atoms with Crippen molar-refractivity contribution < 1.29 is 0 Å². The van der Waals surface area contributed by atoms with Crippen molar-refractivity contribution in [2.45, 2.75) is 32.4 Å². The van der Waals surface area contributed by atoms with Crippen LogP contribution in [-0.2, 0) is 6.54 Å². The van der Waals surface area contributed by atoms with Crippen molar-refractivity contribution in [3.05, 3.63) is 21.3 Å². The molecule has 0 amide bonds. The van der Waals surface area contributed by atoms with Gasteiger partial charge >= 0.3 is 0 Å². The zero-order valence-corrected chi connectivity index (χ0v) is 9.29. The van der Waals surface area contributed by atoms with E-state index in [1.165, 1.54) is 17.7 Å². The van der Waals surface area contributed by atoms with Gasteiger partial charge in [0.1, 0.15) is 0 Å². The van der Waals surface area contributed by atoms with Crippen molar-refractivity contribution in [1.82, 2.24) is 5.32 Å². The summed E-state index contributed by atoms with van der Waals surface area (Å²) in [5, 5.41) is 3.53. The Morgan fingerprint density at radius 3 is 2.85 bits per heavy atom. The van der Waals surface area contributed by atoms with Gasteiger partial charge in [0.05, 0.1) is 4.34 Å². The largest absolute Gasteiger partial charge is 0.309 e. The molecule has 3 heteroatoms. The standard InChI is InChI=1S/C10H14ClNS/c1-7-4-8(5-7)12-6-9-2-3-10(11)13-9/h2-3,7-8,12H,4-6H2,1H3. The first kappa shape index (κ1) is 9.50. The number of thiophene rings is 1. The van der Waals surface area contributed by atoms with Crippen LogP contribution in [0.2, 0.25) is 4.34 Å². The zero-order valence-electron chi connectivity index (χ0n) is 7.72. The number of rotatable bonds is 3. The summed E-state index contributed by atoms with van der Waals surface area (Å²) in [7, 11) is 0. The summed E-state index contributed by atoms with van der Waals surface area (Å²) in [5.41, 5.74) is 0. The molecule has 0 atom stereocenters. The molecular weight excluding hydrogens is 202 g/mol. The Morgan fingerprint density at radius 1 is 1.54 bits per heavy atom. The van der Waals surface area contributed by atoms with Crippen LogP contribution in [0.15, 0.2) is 12.1 Å². The molecule has 1 saturated carbocycles. The van der Waals surface area contributed by atoms with Gasteiger partial charge in [0.2, 0.25) is 0 Å². The molecule has 1 aliphatic rings. The Kier molecular flexibility index (Phi) is 2.92. The molecule has 0 aliphatic heterocycles. The number of hydrogen-bond acceptors (Lipinski definition) is 2. The summed E-state index contributed by atoms with van der Waals surface area (Å²) >= 11 is 7.51. The zero-order chi connectivity index (χ0) is 9.26. The molecule has 1 N–H and O–H groups in total. The molecule has 0 unspecified atom stereocenters. The van der Waals surface area contributed by atoms with Crippen molar-refractivity contribution in [3.63, 3.8) is 0 Å². The topological polar surface area (TPSA) is 12.0 Å². The van der Waals surface area contributed by atoms with Gasteiger partial charge in [0, 0.05) is 17.5 Å². The number of nitrogens with one attached hydrogen (secondary N) is 1. The average molecular weight is 216 g/mol. The Bertz CT molecular complexity index is 278. The van der Waals surface area contributed by atoms with Crippen LogP contribution in [0.4, 0.5) is 0 Å². The SMILES string of the molecule is CC1CC(NCc2ccc(Cl)s2)C1. The molecule has 1 nitrogen and oxygen atoms in total. The fourth-order valence-corrected chi connectivity index (χ4v) is 2.80. The van der Waals surface area contributed by atoms with Gasteiger partial charge in [-0.2, -0.15) is 0 Å². The van der Waals surface area contributed by atoms with Crippen LogP contribution in [0, 0.1) is 5.92 Å². The highest BCUT2D eigenvalue weighted by molar-refractivity contribution is 7.16. The first-order valence-electron chi connectivity index (χ1n) is 4.71. The molecule has 0 bridgehead atoms. The maximum atomic E-state index is 5.84. The molecular formula is C10H14ClNS. The first-order chi connectivity index (χ1) is 6.24. The minimum absolute atomic E-state index is 0.746. The monoisotopic (exact) mass is 215 g/mol. The Morgan fingerprint density at radius 2 is 2.31 bits per heavy atom. The summed E-state index contributed by atoms with van der Waals surface area (Å²) in [4.78, 5) is 1.34. The second kappa shape index (κ2) is 3.99. The number of hydrogen-bond donors (Lipinski definition) is 1. The lowest BCUT2D eigenvalue weighted by Gasteiger charge is -2.33. The quantitative estimate of drug-likeness (QED) is 0.816. The summed E-state index contributed by atoms with van der Waals surface area (Å²) in [6, 6.07) is 4.81. The van der Waals surface area contributed by atoms with Crippen LogP contribution in [0.1, 0.15) is 24.6 Å². The van der Waals surface area contributed by atoms with Gasteiger partial charge in [-0.1, -0.05) is 18.5 Å². The third-order valence-corrected chi connectivity index (χ3v) is 3.80. The Balaban J connectivity index is 1.74. The molecule has 2 rings (SSSR count). The lowest BCUT2D eigenvalue weighted by molar-refractivity contribution is 0.241. The Hall–Kier alpha value is -0.0500. The Labute approximate surface area is 88.1 Å². The summed E-state index contributed by atoms with van der Waals surface area (Å²) in [5.74, 6) is 0.921. The van der Waals surface area contributed by atoms with E-state index >= 15 is 0 Å². The maximum Gasteiger partial charge on any atom is 0.0931 e. The van der Waals surface area contributed by atoms with Crippen molar-refractivity contribution in [3.8, 4) is 0 Å². The van der Waals surface area contributed by atoms with Crippen LogP contribution in [0.25, 0.3) is 0 Å². The maximum absolute atomic E-state index is 5.84. The van der Waals surface area contributed by atoms with Crippen LogP contribution in [0.3, 0.4) is 0 Å². The molecule has 1 aromatic heterocycles. The number of halogens is 1. The van der Waals surface area contributed by atoms with Gasteiger partial charge in [-0.05, 0) is 30.9 Å². The van der Waals surface area contributed by atoms with Crippen molar-refractivity contribution in [2.24, 2.45) is 5.92 Å². The second-order valence-corrected chi connectivity index (χ2v) is 5.66. The van der Waals surface area contributed by atoms with E-state index < -0.39 is 0 Å². The fourth-order valence-electron chi connectivity index (χ4n) is 1.76. The van der Waals surface area contributed by atoms with E-state index in [9.17, 15) is 0 Å². The van der Waals surface area contributed by atoms with E-state index in [-0.39, 0.29) is 0 Å². The molecule has 1 aromatic rings. The molecule has 0 saturated heterocycles. The minimum Gasteiger partial charge on any atom is -0.309 e. The highest BCUT2D eigenvalue weighted by Crippen LogP contribution is 2.27. The normalized spacial score (nSPS) is 27.2. The van der Waals surface area contributed by atoms with Crippen molar-refractivity contribution in [1.29, 1.82) is 0 Å². The van der Waals surface area contributed by atoms with Gasteiger partial charge in [-0.25, -0.2) is 0 Å². The van der Waals surface area contributed by atoms with E-state index in [2.05, 4.69) is 18.3 Å². The third-order valence-electron chi connectivity index (χ3n) is 2.57. The van der Waals surface area contributed by atoms with Crippen LogP contribution < -0.4 is 5.32 Å². The predicted molar refractivity (Wildman–Crippen MR) is 58.4 cm³/mol. The third kappa shape index (κ3) is 2.46. The lowest BCUT2D eigenvalue weighted by atomic mass is 9.82. The van der Waals surface area contributed by atoms with Crippen LogP contribution in [-0.4, -0.2) is 6.04 Å². The summed E-state index contributed by atoms with van der Waals surface area (Å²) < 4.78 is 0.888. The molecule has 1 fully saturated rings. The lowest BCUT2D eigenvalue weighted by Crippen LogP contribution is -2.39. The highest BCUT2D eigenvalue weighted by atomic mass is 35.5. The van der Waals surface area contributed by atoms with Gasteiger partial charge in [0.15, 0.2) is 0 Å². The van der Waals surface area contributed by atoms with E-state index in [1.807, 2.05) is 6.07 Å². The smallest absolute Gasteiger partial charge is 0.0931 e. The van der Waals surface area contributed by atoms with Gasteiger partial charge < -0.3 is 5.32 Å². The molecule has 13 heavy (non-hydrogen) atoms. The molecule has 1 heterocycles. The molecule has 0 radical (unpaired) electrons. The first-order valence-corrected chi connectivity index (χ1v) is 5.91. The van der Waals surface area contributed by atoms with E-state index in [4.69, 9.17) is 11.6 Å². The minimum atomic E-state index is 0.746. The average Bonchev–Trinajstić information content (AvgIpc) is 2.43. The fraction of sp³-hybridized carbons (Fsp3) is 0.600. The molecule has 1 aliphatic carbocycles. The van der Waals surface area contributed by atoms with Gasteiger partial charge in [-0.15, -0.1) is 11.3 Å². The van der Waals surface area contributed by atoms with Gasteiger partial charge in [-0.3, -0.25) is 0 Å². The van der Waals surface area contributed by atoms with Gasteiger partial charge in [0.25, 0.3) is 0 Å². The second-order valence-electron chi connectivity index (χ2n) is 3.86. The summed E-state index contributed by atoms with van der Waals surface area (Å²) in [6.45, 7) is 3.29. The van der Waals surface area contributed by atoms with E-state index in [1.54, 1.807) is 11.3 Å². The van der Waals surface area contributed by atoms with Crippen LogP contribution >= 0.6 is 22.9 Å². The van der Waals surface area contributed by atoms with Crippen molar-refractivity contribution in [2.75, 3.05) is 0 Å². The van der Waals surface area contributed by atoms with E-state index in [0.29, 0.717) is 0 Å². The molecule has 0 aromatic carbocycles. The highest BCUT2D eigenvalue weighted by Gasteiger charge is 2.24.